The summed E-state index contributed by atoms with van der Waals surface area (Å²) in [6, 6.07) is 5.90. The van der Waals surface area contributed by atoms with Gasteiger partial charge in [-0.05, 0) is 0 Å². The van der Waals surface area contributed by atoms with E-state index in [-0.39, 0.29) is 0 Å². The van der Waals surface area contributed by atoms with Crippen molar-refractivity contribution in [3.05, 3.63) is 23.4 Å². The van der Waals surface area contributed by atoms with Crippen LogP contribution in [0.2, 0.25) is 8.58 Å². The summed E-state index contributed by atoms with van der Waals surface area (Å²) in [4.78, 5) is 4.30. The normalized spacial score (nSPS) is 11.7. The van der Waals surface area contributed by atoms with E-state index in [2.05, 4.69) is 31.8 Å². The minimum absolute atomic E-state index is 0.445. The van der Waals surface area contributed by atoms with Crippen molar-refractivity contribution in [3.63, 3.8) is 0 Å². The van der Waals surface area contributed by atoms with Crippen LogP contribution in [0.5, 0.6) is 0 Å². The molecule has 0 amide bonds. The predicted molar refractivity (Wildman–Crippen MR) is 54.4 cm³/mol. The molecule has 0 aliphatic heterocycles. The summed E-state index contributed by atoms with van der Waals surface area (Å²) >= 11 is 5.22. The van der Waals surface area contributed by atoms with Crippen molar-refractivity contribution >= 4 is 36.5 Å². The van der Waals surface area contributed by atoms with Crippen LogP contribution in [-0.2, 0) is 0 Å². The van der Waals surface area contributed by atoms with Gasteiger partial charge in [-0.1, -0.05) is 0 Å². The fourth-order valence-corrected chi connectivity index (χ4v) is 4.44. The van der Waals surface area contributed by atoms with Crippen LogP contribution < -0.4 is 3.71 Å². The summed E-state index contributed by atoms with van der Waals surface area (Å²) in [5.74, 6) is 0. The van der Waals surface area contributed by atoms with E-state index < -0.39 is 21.1 Å². The van der Waals surface area contributed by atoms with Gasteiger partial charge < -0.3 is 0 Å². The van der Waals surface area contributed by atoms with Crippen molar-refractivity contribution in [2.45, 2.75) is 24.2 Å². The van der Waals surface area contributed by atoms with E-state index in [1.807, 2.05) is 12.1 Å². The minimum atomic E-state index is -0.571. The molecule has 0 aliphatic carbocycles. The third kappa shape index (κ3) is 3.76. The zero-order valence-corrected chi connectivity index (χ0v) is 11.2. The molecule has 0 spiro atoms. The fourth-order valence-electron chi connectivity index (χ4n) is 0.862. The number of rotatable bonds is 1. The van der Waals surface area contributed by atoms with Crippen LogP contribution in [0.25, 0.3) is 0 Å². The molecule has 0 N–H and O–H groups in total. The summed E-state index contributed by atoms with van der Waals surface area (Å²) in [7, 11) is 0. The zero-order chi connectivity index (χ0) is 9.19. The van der Waals surface area contributed by atoms with E-state index in [1.165, 1.54) is 3.71 Å². The van der Waals surface area contributed by atoms with Crippen molar-refractivity contribution in [2.24, 2.45) is 0 Å². The summed E-state index contributed by atoms with van der Waals surface area (Å²) in [6.07, 6.45) is 0. The average Bonchev–Trinajstić information content (AvgIpc) is 1.82. The van der Waals surface area contributed by atoms with Crippen molar-refractivity contribution in [1.29, 1.82) is 0 Å². The van der Waals surface area contributed by atoms with Gasteiger partial charge in [0.15, 0.2) is 0 Å². The van der Waals surface area contributed by atoms with E-state index >= 15 is 0 Å². The number of pyridine rings is 1. The molecule has 1 aromatic heterocycles. The Balaban J connectivity index is 2.77. The van der Waals surface area contributed by atoms with Gasteiger partial charge in [0.25, 0.3) is 0 Å². The van der Waals surface area contributed by atoms with Gasteiger partial charge in [-0.15, -0.1) is 0 Å². The van der Waals surface area contributed by atoms with E-state index in [4.69, 9.17) is 11.6 Å². The van der Waals surface area contributed by atoms with Crippen molar-refractivity contribution in [1.82, 2.24) is 4.98 Å². The molecular formula is C9H12ClNSn. The second kappa shape index (κ2) is 3.96. The van der Waals surface area contributed by atoms with Gasteiger partial charge in [0, 0.05) is 0 Å². The molecule has 12 heavy (non-hydrogen) atoms. The Morgan fingerprint density at radius 1 is 1.33 bits per heavy atom. The Bertz CT molecular complexity index is 267. The maximum absolute atomic E-state index is 5.79. The SMILES string of the molecule is C[C](C)(C)[Sn][c]1cccc(Cl)n1. The molecule has 0 unspecified atom stereocenters. The number of halogens is 1. The van der Waals surface area contributed by atoms with Gasteiger partial charge in [-0.2, -0.15) is 0 Å². The molecule has 0 aromatic carbocycles. The van der Waals surface area contributed by atoms with Crippen molar-refractivity contribution in [2.75, 3.05) is 0 Å². The van der Waals surface area contributed by atoms with Gasteiger partial charge in [0.2, 0.25) is 0 Å². The number of nitrogens with zero attached hydrogens (tertiary/aromatic N) is 1. The first-order valence-electron chi connectivity index (χ1n) is 3.88. The van der Waals surface area contributed by atoms with E-state index in [1.54, 1.807) is 0 Å². The molecule has 64 valence electrons. The Hall–Kier alpha value is 0.239. The summed E-state index contributed by atoms with van der Waals surface area (Å²) in [5.41, 5.74) is 0. The topological polar surface area (TPSA) is 12.9 Å². The van der Waals surface area contributed by atoms with E-state index in [0.717, 1.165) is 0 Å². The Kier molecular flexibility index (Phi) is 3.41. The van der Waals surface area contributed by atoms with Crippen LogP contribution in [0.4, 0.5) is 0 Å². The monoisotopic (exact) mass is 289 g/mol. The molecule has 0 aliphatic rings. The van der Waals surface area contributed by atoms with Crippen molar-refractivity contribution < 1.29 is 0 Å². The molecule has 0 bridgehead atoms. The fraction of sp³-hybridized carbons (Fsp3) is 0.444. The Labute approximate surface area is 88.8 Å². The van der Waals surface area contributed by atoms with Crippen LogP contribution in [0, 0.1) is 0 Å². The third-order valence-corrected chi connectivity index (χ3v) is 5.10. The second-order valence-electron chi connectivity index (χ2n) is 3.72. The van der Waals surface area contributed by atoms with Crippen LogP contribution in [0.15, 0.2) is 18.2 Å². The first kappa shape index (κ1) is 10.3. The predicted octanol–water partition coefficient (Wildman–Crippen LogP) is 2.28. The molecule has 0 fully saturated rings. The molecular weight excluding hydrogens is 276 g/mol. The van der Waals surface area contributed by atoms with Gasteiger partial charge >= 0.3 is 89.0 Å². The second-order valence-corrected chi connectivity index (χ2v) is 10.6. The zero-order valence-electron chi connectivity index (χ0n) is 7.56. The standard InChI is InChI=1S/C5H3ClN.C4H9.Sn/c6-5-3-1-2-4-7-5;1-4(2)3;/h1-3H;1-3H3;. The summed E-state index contributed by atoms with van der Waals surface area (Å²) in [5, 5.41) is 0.623. The molecule has 0 saturated carbocycles. The van der Waals surface area contributed by atoms with Gasteiger partial charge in [0.1, 0.15) is 0 Å². The number of hydrogen-bond acceptors (Lipinski definition) is 1. The van der Waals surface area contributed by atoms with Gasteiger partial charge in [-0.25, -0.2) is 0 Å². The quantitative estimate of drug-likeness (QED) is 0.571. The number of hydrogen-bond donors (Lipinski definition) is 0. The molecule has 1 heterocycles. The molecule has 1 rings (SSSR count). The van der Waals surface area contributed by atoms with Crippen LogP contribution in [0.3, 0.4) is 0 Å². The molecule has 3 heteroatoms. The number of aromatic nitrogens is 1. The maximum atomic E-state index is 5.79. The Morgan fingerprint density at radius 3 is 2.50 bits per heavy atom. The van der Waals surface area contributed by atoms with E-state index in [0.29, 0.717) is 8.58 Å². The third-order valence-electron chi connectivity index (χ3n) is 1.22. The average molecular weight is 288 g/mol. The first-order valence-corrected chi connectivity index (χ1v) is 7.11. The van der Waals surface area contributed by atoms with E-state index in [9.17, 15) is 0 Å². The molecule has 2 radical (unpaired) electrons. The first-order chi connectivity index (χ1) is 5.47. The summed E-state index contributed by atoms with van der Waals surface area (Å²) < 4.78 is 1.68. The Morgan fingerprint density at radius 2 is 2.00 bits per heavy atom. The van der Waals surface area contributed by atoms with Crippen molar-refractivity contribution in [3.8, 4) is 0 Å². The molecule has 1 nitrogen and oxygen atoms in total. The molecule has 1 aromatic rings. The van der Waals surface area contributed by atoms with Gasteiger partial charge in [0.05, 0.1) is 0 Å². The molecule has 0 saturated heterocycles. The summed E-state index contributed by atoms with van der Waals surface area (Å²) in [6.45, 7) is 6.80. The van der Waals surface area contributed by atoms with Gasteiger partial charge in [-0.3, -0.25) is 0 Å². The van der Waals surface area contributed by atoms with Crippen LogP contribution >= 0.6 is 11.6 Å². The molecule has 0 atom stereocenters. The van der Waals surface area contributed by atoms with Crippen LogP contribution in [-0.4, -0.2) is 26.1 Å². The van der Waals surface area contributed by atoms with Crippen LogP contribution in [0.1, 0.15) is 20.8 Å².